The van der Waals surface area contributed by atoms with E-state index >= 15 is 0 Å². The van der Waals surface area contributed by atoms with Crippen molar-refractivity contribution in [2.24, 2.45) is 9.98 Å². The lowest BCUT2D eigenvalue weighted by Gasteiger charge is -2.25. The van der Waals surface area contributed by atoms with Gasteiger partial charge in [-0.05, 0) is 29.3 Å². The lowest BCUT2D eigenvalue weighted by molar-refractivity contribution is -0.384. The zero-order valence-corrected chi connectivity index (χ0v) is 19.2. The molecule has 0 saturated carbocycles. The van der Waals surface area contributed by atoms with Gasteiger partial charge in [0, 0.05) is 47.0 Å². The van der Waals surface area contributed by atoms with Crippen LogP contribution in [-0.4, -0.2) is 37.8 Å². The number of benzene rings is 3. The molecule has 1 N–H and O–H groups in total. The number of amides is 1. The van der Waals surface area contributed by atoms with Crippen molar-refractivity contribution in [1.29, 1.82) is 0 Å². The Morgan fingerprint density at radius 2 is 1.80 bits per heavy atom. The lowest BCUT2D eigenvalue weighted by atomic mass is 10.1. The molecule has 172 valence electrons. The number of aliphatic imine (C=N–C) groups is 2. The monoisotopic (exact) mass is 481 g/mol. The van der Waals surface area contributed by atoms with Crippen LogP contribution < -0.4 is 0 Å². The smallest absolute Gasteiger partial charge is 0.269 e. The number of fused-ring (bicyclic) bond motifs is 4. The molecule has 2 aliphatic heterocycles. The molecule has 1 aromatic heterocycles. The van der Waals surface area contributed by atoms with Crippen LogP contribution in [0.15, 0.2) is 89.0 Å². The summed E-state index contributed by atoms with van der Waals surface area (Å²) in [5.74, 6) is 1.04. The van der Waals surface area contributed by atoms with Gasteiger partial charge < -0.3 is 4.98 Å². The maximum atomic E-state index is 13.6. The highest BCUT2D eigenvalue weighted by Gasteiger charge is 2.41. The van der Waals surface area contributed by atoms with Crippen molar-refractivity contribution >= 4 is 51.0 Å². The molecule has 8 nitrogen and oxygen atoms in total. The van der Waals surface area contributed by atoms with Gasteiger partial charge in [0.1, 0.15) is 11.9 Å². The Morgan fingerprint density at radius 1 is 1.03 bits per heavy atom. The number of aromatic nitrogens is 1. The molecule has 35 heavy (non-hydrogen) atoms. The van der Waals surface area contributed by atoms with E-state index in [1.54, 1.807) is 17.0 Å². The van der Waals surface area contributed by atoms with Gasteiger partial charge in [0.25, 0.3) is 11.6 Å². The molecule has 0 fully saturated rings. The number of nitrogens with zero attached hydrogens (tertiary/aromatic N) is 4. The summed E-state index contributed by atoms with van der Waals surface area (Å²) in [6.45, 7) is 0. The highest BCUT2D eigenvalue weighted by Crippen LogP contribution is 2.35. The SMILES string of the molecule is O=C1C(Cc2c[nH]c3ccccc23)N=C2c3ccccc3N=C(SCc3ccc([N+](=O)[O-])cc3)N12. The van der Waals surface area contributed by atoms with Gasteiger partial charge in [0.15, 0.2) is 5.17 Å². The zero-order valence-electron chi connectivity index (χ0n) is 18.4. The molecular weight excluding hydrogens is 462 g/mol. The molecule has 0 aliphatic carbocycles. The van der Waals surface area contributed by atoms with Gasteiger partial charge in [0.2, 0.25) is 0 Å². The standard InChI is InChI=1S/C26H19N5O3S/c32-25-23(13-17-14-27-21-7-3-1-5-19(17)21)28-24-20-6-2-4-8-22(20)29-26(30(24)25)35-15-16-9-11-18(12-10-16)31(33)34/h1-12,14,23,27H,13,15H2. The third-order valence-electron chi connectivity index (χ3n) is 6.15. The number of rotatable bonds is 5. The Hall–Kier alpha value is -4.24. The zero-order chi connectivity index (χ0) is 23.9. The number of hydrogen-bond donors (Lipinski definition) is 1. The van der Waals surface area contributed by atoms with Crippen LogP contribution in [0.5, 0.6) is 0 Å². The number of carbonyl (C=O) groups excluding carboxylic acids is 1. The van der Waals surface area contributed by atoms with Crippen LogP contribution in [0, 0.1) is 10.1 Å². The van der Waals surface area contributed by atoms with E-state index in [4.69, 9.17) is 9.98 Å². The Balaban J connectivity index is 1.29. The summed E-state index contributed by atoms with van der Waals surface area (Å²) < 4.78 is 0. The second kappa shape index (κ2) is 8.52. The van der Waals surface area contributed by atoms with Crippen molar-refractivity contribution in [3.63, 3.8) is 0 Å². The Labute approximate surface area is 204 Å². The summed E-state index contributed by atoms with van der Waals surface area (Å²) in [6.07, 6.45) is 2.44. The van der Waals surface area contributed by atoms with E-state index in [1.807, 2.05) is 54.7 Å². The molecular formula is C26H19N5O3S. The summed E-state index contributed by atoms with van der Waals surface area (Å²) in [5.41, 5.74) is 4.64. The number of carbonyl (C=O) groups is 1. The molecule has 1 amide bonds. The first-order valence-electron chi connectivity index (χ1n) is 11.1. The van der Waals surface area contributed by atoms with Gasteiger partial charge in [-0.3, -0.25) is 19.9 Å². The van der Waals surface area contributed by atoms with Crippen molar-refractivity contribution in [3.05, 3.63) is 106 Å². The number of H-pyrrole nitrogens is 1. The summed E-state index contributed by atoms with van der Waals surface area (Å²) in [5, 5.41) is 12.6. The first-order valence-corrected chi connectivity index (χ1v) is 12.1. The van der Waals surface area contributed by atoms with Crippen molar-refractivity contribution in [1.82, 2.24) is 9.88 Å². The molecule has 4 aromatic rings. The number of nitro benzene ring substituents is 1. The first-order chi connectivity index (χ1) is 17.1. The van der Waals surface area contributed by atoms with E-state index in [1.165, 1.54) is 23.9 Å². The number of aromatic amines is 1. The third-order valence-corrected chi connectivity index (χ3v) is 7.16. The quantitative estimate of drug-likeness (QED) is 0.312. The van der Waals surface area contributed by atoms with Crippen LogP contribution in [0.2, 0.25) is 0 Å². The number of non-ortho nitro benzene ring substituents is 1. The van der Waals surface area contributed by atoms with Gasteiger partial charge in [-0.15, -0.1) is 0 Å². The first kappa shape index (κ1) is 21.3. The van der Waals surface area contributed by atoms with Gasteiger partial charge in [0.05, 0.1) is 10.6 Å². The molecule has 1 atom stereocenters. The van der Waals surface area contributed by atoms with Crippen molar-refractivity contribution in [3.8, 4) is 0 Å². The molecule has 3 aromatic carbocycles. The second-order valence-electron chi connectivity index (χ2n) is 8.33. The van der Waals surface area contributed by atoms with Gasteiger partial charge in [-0.1, -0.05) is 54.2 Å². The minimum Gasteiger partial charge on any atom is -0.361 e. The Morgan fingerprint density at radius 3 is 2.63 bits per heavy atom. The minimum absolute atomic E-state index is 0.0481. The molecule has 0 saturated heterocycles. The topological polar surface area (TPSA) is 104 Å². The van der Waals surface area contributed by atoms with E-state index in [-0.39, 0.29) is 11.6 Å². The summed E-state index contributed by atoms with van der Waals surface area (Å²) >= 11 is 1.42. The van der Waals surface area contributed by atoms with Crippen LogP contribution in [0.3, 0.4) is 0 Å². The van der Waals surface area contributed by atoms with E-state index in [0.29, 0.717) is 23.2 Å². The summed E-state index contributed by atoms with van der Waals surface area (Å²) in [6, 6.07) is 21.6. The average molecular weight is 482 g/mol. The van der Waals surface area contributed by atoms with Crippen LogP contribution >= 0.6 is 11.8 Å². The van der Waals surface area contributed by atoms with Gasteiger partial charge >= 0.3 is 0 Å². The predicted molar refractivity (Wildman–Crippen MR) is 137 cm³/mol. The molecule has 0 spiro atoms. The number of para-hydroxylation sites is 2. The van der Waals surface area contributed by atoms with E-state index in [9.17, 15) is 14.9 Å². The fourth-order valence-corrected chi connectivity index (χ4v) is 5.36. The second-order valence-corrected chi connectivity index (χ2v) is 9.27. The van der Waals surface area contributed by atoms with Crippen molar-refractivity contribution in [2.75, 3.05) is 0 Å². The minimum atomic E-state index is -0.541. The van der Waals surface area contributed by atoms with Crippen molar-refractivity contribution in [2.45, 2.75) is 18.2 Å². The molecule has 2 aliphatic rings. The van der Waals surface area contributed by atoms with Crippen LogP contribution in [0.1, 0.15) is 16.7 Å². The van der Waals surface area contributed by atoms with Crippen molar-refractivity contribution < 1.29 is 9.72 Å². The Bertz CT molecular complexity index is 1540. The van der Waals surface area contributed by atoms with Gasteiger partial charge in [-0.25, -0.2) is 9.89 Å². The molecule has 6 rings (SSSR count). The highest BCUT2D eigenvalue weighted by atomic mass is 32.2. The van der Waals surface area contributed by atoms with E-state index in [0.717, 1.165) is 33.3 Å². The predicted octanol–water partition coefficient (Wildman–Crippen LogP) is 5.21. The normalized spacial score (nSPS) is 16.6. The number of thioether (sulfide) groups is 1. The average Bonchev–Trinajstić information content (AvgIpc) is 3.44. The maximum absolute atomic E-state index is 13.6. The van der Waals surface area contributed by atoms with Crippen LogP contribution in [0.25, 0.3) is 10.9 Å². The summed E-state index contributed by atoms with van der Waals surface area (Å²) in [4.78, 5) is 38.6. The van der Waals surface area contributed by atoms with Crippen LogP contribution in [0.4, 0.5) is 11.4 Å². The lowest BCUT2D eigenvalue weighted by Crippen LogP contribution is -2.41. The Kier molecular flexibility index (Phi) is 5.18. The highest BCUT2D eigenvalue weighted by molar-refractivity contribution is 8.13. The van der Waals surface area contributed by atoms with E-state index < -0.39 is 11.0 Å². The number of nitro groups is 1. The largest absolute Gasteiger partial charge is 0.361 e. The maximum Gasteiger partial charge on any atom is 0.269 e. The summed E-state index contributed by atoms with van der Waals surface area (Å²) in [7, 11) is 0. The van der Waals surface area contributed by atoms with Gasteiger partial charge in [-0.2, -0.15) is 0 Å². The molecule has 0 bridgehead atoms. The molecule has 1 unspecified atom stereocenters. The number of amidine groups is 2. The van der Waals surface area contributed by atoms with E-state index in [2.05, 4.69) is 4.98 Å². The van der Waals surface area contributed by atoms with Crippen LogP contribution in [-0.2, 0) is 17.0 Å². The fourth-order valence-electron chi connectivity index (χ4n) is 4.40. The molecule has 0 radical (unpaired) electrons. The molecule has 3 heterocycles. The fraction of sp³-hybridized carbons (Fsp3) is 0.115. The number of nitrogens with one attached hydrogen (secondary N) is 1. The number of hydrogen-bond acceptors (Lipinski definition) is 6. The third kappa shape index (κ3) is 3.79. The molecule has 9 heteroatoms.